The van der Waals surface area contributed by atoms with E-state index in [-0.39, 0.29) is 0 Å². The molecule has 100 valence electrons. The Morgan fingerprint density at radius 2 is 2.39 bits per heavy atom. The minimum Gasteiger partial charge on any atom is -0.376 e. The molecule has 4 nitrogen and oxygen atoms in total. The van der Waals surface area contributed by atoms with Gasteiger partial charge in [-0.1, -0.05) is 0 Å². The molecule has 18 heavy (non-hydrogen) atoms. The van der Waals surface area contributed by atoms with Gasteiger partial charge in [0.05, 0.1) is 18.5 Å². The zero-order valence-electron chi connectivity index (χ0n) is 11.1. The van der Waals surface area contributed by atoms with Gasteiger partial charge in [-0.2, -0.15) is 0 Å². The monoisotopic (exact) mass is 249 g/mol. The lowest BCUT2D eigenvalue weighted by Crippen LogP contribution is -2.31. The number of nitrogens with zero attached hydrogens (tertiary/aromatic N) is 2. The van der Waals surface area contributed by atoms with Gasteiger partial charge in [-0.05, 0) is 39.2 Å². The first-order chi connectivity index (χ1) is 8.86. The van der Waals surface area contributed by atoms with E-state index in [1.54, 1.807) is 0 Å². The molecule has 0 saturated carbocycles. The highest BCUT2D eigenvalue weighted by molar-refractivity contribution is 5.10. The number of piperidine rings is 1. The SMILES string of the molecule is CC(C1CCCO1)n1cncc1C1CCCNC1. The molecule has 1 aromatic heterocycles. The van der Waals surface area contributed by atoms with E-state index in [0.717, 1.165) is 19.7 Å². The first kappa shape index (κ1) is 12.2. The molecule has 0 amide bonds. The van der Waals surface area contributed by atoms with Gasteiger partial charge in [0.2, 0.25) is 0 Å². The molecule has 0 spiro atoms. The maximum Gasteiger partial charge on any atom is 0.0951 e. The highest BCUT2D eigenvalue weighted by atomic mass is 16.5. The van der Waals surface area contributed by atoms with Crippen LogP contribution in [0.2, 0.25) is 0 Å². The van der Waals surface area contributed by atoms with E-state index in [1.165, 1.54) is 31.4 Å². The molecule has 3 unspecified atom stereocenters. The Morgan fingerprint density at radius 3 is 3.11 bits per heavy atom. The number of imidazole rings is 1. The van der Waals surface area contributed by atoms with Crippen molar-refractivity contribution in [2.24, 2.45) is 0 Å². The van der Waals surface area contributed by atoms with Crippen molar-refractivity contribution in [2.45, 2.75) is 50.7 Å². The van der Waals surface area contributed by atoms with Gasteiger partial charge in [0.25, 0.3) is 0 Å². The fraction of sp³-hybridized carbons (Fsp3) is 0.786. The molecule has 0 bridgehead atoms. The Morgan fingerprint density at radius 1 is 1.44 bits per heavy atom. The lowest BCUT2D eigenvalue weighted by molar-refractivity contribution is 0.0719. The summed E-state index contributed by atoms with van der Waals surface area (Å²) in [6, 6.07) is 0.409. The van der Waals surface area contributed by atoms with E-state index in [2.05, 4.69) is 21.8 Å². The summed E-state index contributed by atoms with van der Waals surface area (Å²) in [6.45, 7) is 5.43. The molecule has 2 saturated heterocycles. The maximum atomic E-state index is 5.82. The predicted molar refractivity (Wildman–Crippen MR) is 70.8 cm³/mol. The van der Waals surface area contributed by atoms with Crippen molar-refractivity contribution < 1.29 is 4.74 Å². The second kappa shape index (κ2) is 5.41. The average molecular weight is 249 g/mol. The third-order valence-electron chi connectivity index (χ3n) is 4.35. The van der Waals surface area contributed by atoms with Crippen LogP contribution >= 0.6 is 0 Å². The van der Waals surface area contributed by atoms with Crippen LogP contribution in [0.25, 0.3) is 0 Å². The molecule has 3 heterocycles. The van der Waals surface area contributed by atoms with E-state index in [4.69, 9.17) is 4.74 Å². The average Bonchev–Trinajstić information content (AvgIpc) is 3.10. The molecular weight excluding hydrogens is 226 g/mol. The van der Waals surface area contributed by atoms with Crippen LogP contribution in [-0.2, 0) is 4.74 Å². The number of nitrogens with one attached hydrogen (secondary N) is 1. The molecule has 3 rings (SSSR count). The van der Waals surface area contributed by atoms with Crippen LogP contribution in [0.4, 0.5) is 0 Å². The van der Waals surface area contributed by atoms with Crippen molar-refractivity contribution >= 4 is 0 Å². The summed E-state index contributed by atoms with van der Waals surface area (Å²) in [5, 5.41) is 3.49. The van der Waals surface area contributed by atoms with Crippen LogP contribution in [0, 0.1) is 0 Å². The Balaban J connectivity index is 1.77. The summed E-state index contributed by atoms with van der Waals surface area (Å²) >= 11 is 0. The molecule has 3 atom stereocenters. The lowest BCUT2D eigenvalue weighted by atomic mass is 9.96. The quantitative estimate of drug-likeness (QED) is 0.891. The summed E-state index contributed by atoms with van der Waals surface area (Å²) in [6.07, 6.45) is 9.32. The van der Waals surface area contributed by atoms with Crippen LogP contribution in [0.5, 0.6) is 0 Å². The van der Waals surface area contributed by atoms with E-state index < -0.39 is 0 Å². The van der Waals surface area contributed by atoms with Gasteiger partial charge in [-0.15, -0.1) is 0 Å². The Labute approximate surface area is 109 Å². The molecule has 1 aromatic rings. The van der Waals surface area contributed by atoms with Crippen LogP contribution < -0.4 is 5.32 Å². The molecule has 1 N–H and O–H groups in total. The van der Waals surface area contributed by atoms with E-state index in [9.17, 15) is 0 Å². The number of ether oxygens (including phenoxy) is 1. The molecular formula is C14H23N3O. The van der Waals surface area contributed by atoms with Crippen molar-refractivity contribution in [1.29, 1.82) is 0 Å². The van der Waals surface area contributed by atoms with Gasteiger partial charge in [0.1, 0.15) is 0 Å². The van der Waals surface area contributed by atoms with Crippen molar-refractivity contribution in [3.05, 3.63) is 18.2 Å². The van der Waals surface area contributed by atoms with E-state index in [0.29, 0.717) is 18.1 Å². The molecule has 2 fully saturated rings. The van der Waals surface area contributed by atoms with Gasteiger partial charge in [-0.3, -0.25) is 0 Å². The highest BCUT2D eigenvalue weighted by Gasteiger charge is 2.27. The summed E-state index contributed by atoms with van der Waals surface area (Å²) in [7, 11) is 0. The summed E-state index contributed by atoms with van der Waals surface area (Å²) in [4.78, 5) is 4.37. The standard InChI is InChI=1S/C14H23N3O/c1-11(14-5-3-7-18-14)17-10-16-9-13(17)12-4-2-6-15-8-12/h9-12,14-15H,2-8H2,1H3. The van der Waals surface area contributed by atoms with Crippen molar-refractivity contribution in [2.75, 3.05) is 19.7 Å². The number of rotatable bonds is 3. The number of aromatic nitrogens is 2. The summed E-state index contributed by atoms with van der Waals surface area (Å²) in [5.74, 6) is 0.616. The largest absolute Gasteiger partial charge is 0.376 e. The molecule has 0 aliphatic carbocycles. The van der Waals surface area contributed by atoms with E-state index in [1.807, 2.05) is 12.5 Å². The maximum absolute atomic E-state index is 5.82. The highest BCUT2D eigenvalue weighted by Crippen LogP contribution is 2.29. The molecule has 2 aliphatic heterocycles. The number of hydrogen-bond donors (Lipinski definition) is 1. The van der Waals surface area contributed by atoms with Gasteiger partial charge in [-0.25, -0.2) is 4.98 Å². The summed E-state index contributed by atoms with van der Waals surface area (Å²) < 4.78 is 8.16. The third kappa shape index (κ3) is 2.31. The second-order valence-electron chi connectivity index (χ2n) is 5.56. The van der Waals surface area contributed by atoms with E-state index >= 15 is 0 Å². The number of hydrogen-bond acceptors (Lipinski definition) is 3. The van der Waals surface area contributed by atoms with Gasteiger partial charge < -0.3 is 14.6 Å². The summed E-state index contributed by atoms with van der Waals surface area (Å²) in [5.41, 5.74) is 1.38. The normalized spacial score (nSPS) is 30.5. The smallest absolute Gasteiger partial charge is 0.0951 e. The van der Waals surface area contributed by atoms with Crippen molar-refractivity contribution in [1.82, 2.24) is 14.9 Å². The van der Waals surface area contributed by atoms with Crippen LogP contribution in [0.1, 0.15) is 50.3 Å². The zero-order valence-corrected chi connectivity index (χ0v) is 11.1. The van der Waals surface area contributed by atoms with Crippen LogP contribution in [-0.4, -0.2) is 35.4 Å². The molecule has 0 radical (unpaired) electrons. The first-order valence-corrected chi connectivity index (χ1v) is 7.20. The van der Waals surface area contributed by atoms with Crippen LogP contribution in [0.3, 0.4) is 0 Å². The minimum absolute atomic E-state index is 0.370. The Bertz CT molecular complexity index is 378. The third-order valence-corrected chi connectivity index (χ3v) is 4.35. The fourth-order valence-corrected chi connectivity index (χ4v) is 3.24. The Kier molecular flexibility index (Phi) is 3.66. The molecule has 2 aliphatic rings. The minimum atomic E-state index is 0.370. The second-order valence-corrected chi connectivity index (χ2v) is 5.56. The lowest BCUT2D eigenvalue weighted by Gasteiger charge is -2.28. The van der Waals surface area contributed by atoms with Crippen molar-refractivity contribution in [3.63, 3.8) is 0 Å². The zero-order chi connectivity index (χ0) is 12.4. The van der Waals surface area contributed by atoms with Gasteiger partial charge >= 0.3 is 0 Å². The van der Waals surface area contributed by atoms with Gasteiger partial charge in [0.15, 0.2) is 0 Å². The molecule has 0 aromatic carbocycles. The van der Waals surface area contributed by atoms with Crippen LogP contribution in [0.15, 0.2) is 12.5 Å². The molecule has 4 heteroatoms. The van der Waals surface area contributed by atoms with Gasteiger partial charge in [0, 0.05) is 31.0 Å². The predicted octanol–water partition coefficient (Wildman–Crippen LogP) is 2.09. The van der Waals surface area contributed by atoms with Crippen molar-refractivity contribution in [3.8, 4) is 0 Å². The topological polar surface area (TPSA) is 39.1 Å². The first-order valence-electron chi connectivity index (χ1n) is 7.20. The fourth-order valence-electron chi connectivity index (χ4n) is 3.24. The Hall–Kier alpha value is -0.870.